The zero-order valence-electron chi connectivity index (χ0n) is 12.3. The van der Waals surface area contributed by atoms with Crippen molar-refractivity contribution in [2.45, 2.75) is 47.5 Å². The zero-order valence-corrected chi connectivity index (χ0v) is 12.3. The van der Waals surface area contributed by atoms with E-state index < -0.39 is 5.97 Å². The topological polar surface area (TPSA) is 87.0 Å². The van der Waals surface area contributed by atoms with Crippen molar-refractivity contribution < 1.29 is 19.8 Å². The molecule has 1 rings (SSSR count). The molecule has 0 unspecified atom stereocenters. The third kappa shape index (κ3) is 5.24. The largest absolute Gasteiger partial charge is 0.511 e. The number of aliphatic carboxylic acids is 1. The normalized spacial score (nSPS) is 18.8. The number of aliphatic hydroxyl groups is 1. The van der Waals surface area contributed by atoms with E-state index >= 15 is 0 Å². The number of rotatable bonds is 3. The molecule has 108 valence electrons. The fourth-order valence-electron chi connectivity index (χ4n) is 1.96. The van der Waals surface area contributed by atoms with Gasteiger partial charge in [0.25, 0.3) is 0 Å². The number of Topliss-reactive ketones (excluding diaryl/α,β-unsaturated/α-hetero) is 1. The van der Waals surface area contributed by atoms with Crippen molar-refractivity contribution in [2.75, 3.05) is 6.54 Å². The van der Waals surface area contributed by atoms with E-state index in [1.807, 2.05) is 27.7 Å². The van der Waals surface area contributed by atoms with Gasteiger partial charge in [0.15, 0.2) is 5.78 Å². The van der Waals surface area contributed by atoms with Crippen LogP contribution in [0, 0.1) is 5.41 Å². The molecule has 2 N–H and O–H groups in total. The lowest BCUT2D eigenvalue weighted by Crippen LogP contribution is -2.28. The summed E-state index contributed by atoms with van der Waals surface area (Å²) in [4.78, 5) is 26.0. The van der Waals surface area contributed by atoms with Crippen molar-refractivity contribution in [1.82, 2.24) is 0 Å². The van der Waals surface area contributed by atoms with Gasteiger partial charge in [0.1, 0.15) is 12.3 Å². The number of hydrogen-bond donors (Lipinski definition) is 2. The van der Waals surface area contributed by atoms with Crippen molar-refractivity contribution in [3.8, 4) is 0 Å². The molecule has 0 aliphatic heterocycles. The van der Waals surface area contributed by atoms with Crippen LogP contribution in [-0.2, 0) is 9.59 Å². The number of carboxylic acid groups (broad SMARTS) is 1. The third-order valence-corrected chi connectivity index (χ3v) is 2.67. The zero-order chi connectivity index (χ0) is 15.2. The van der Waals surface area contributed by atoms with Crippen molar-refractivity contribution in [3.05, 3.63) is 11.3 Å². The fourth-order valence-corrected chi connectivity index (χ4v) is 1.96. The number of aliphatic hydroxyl groups excluding tert-OH is 1. The Balaban J connectivity index is 0.00000154. The molecule has 0 aromatic carbocycles. The molecular formula is C14H23NO4. The van der Waals surface area contributed by atoms with E-state index in [9.17, 15) is 14.7 Å². The molecule has 1 aliphatic rings. The van der Waals surface area contributed by atoms with Gasteiger partial charge in [0.2, 0.25) is 0 Å². The van der Waals surface area contributed by atoms with Gasteiger partial charge in [-0.25, -0.2) is 0 Å². The highest BCUT2D eigenvalue weighted by Crippen LogP contribution is 2.35. The summed E-state index contributed by atoms with van der Waals surface area (Å²) in [6, 6.07) is 0. The number of ketones is 1. The molecule has 0 saturated carbocycles. The molecule has 0 atom stereocenters. The SMILES string of the molecule is CC.CC(=NCC(=O)O)C1=C(O)CC(C)(C)CC1=O. The third-order valence-electron chi connectivity index (χ3n) is 2.67. The summed E-state index contributed by atoms with van der Waals surface area (Å²) in [5, 5.41) is 18.3. The number of carbonyl (C=O) groups excluding carboxylic acids is 1. The Labute approximate surface area is 114 Å². The summed E-state index contributed by atoms with van der Waals surface area (Å²) in [7, 11) is 0. The summed E-state index contributed by atoms with van der Waals surface area (Å²) in [6.07, 6.45) is 0.750. The van der Waals surface area contributed by atoms with Gasteiger partial charge >= 0.3 is 5.97 Å². The monoisotopic (exact) mass is 269 g/mol. The van der Waals surface area contributed by atoms with E-state index in [4.69, 9.17) is 5.11 Å². The summed E-state index contributed by atoms with van der Waals surface area (Å²) < 4.78 is 0. The van der Waals surface area contributed by atoms with Crippen LogP contribution < -0.4 is 0 Å². The molecule has 0 radical (unpaired) electrons. The molecule has 0 amide bonds. The van der Waals surface area contributed by atoms with Crippen LogP contribution in [0.2, 0.25) is 0 Å². The predicted octanol–water partition coefficient (Wildman–Crippen LogP) is 2.76. The van der Waals surface area contributed by atoms with E-state index in [0.717, 1.165) is 0 Å². The quantitative estimate of drug-likeness (QED) is 0.771. The lowest BCUT2D eigenvalue weighted by molar-refractivity contribution is -0.135. The second-order valence-electron chi connectivity index (χ2n) is 5.06. The standard InChI is InChI=1S/C12H17NO4.C2H6/c1-7(13-6-10(16)17)11-8(14)4-12(2,3)5-9(11)15;1-2/h14H,4-6H2,1-3H3,(H,16,17);1-2H3. The molecule has 0 saturated heterocycles. The van der Waals surface area contributed by atoms with Gasteiger partial charge in [-0.15, -0.1) is 0 Å². The first kappa shape index (κ1) is 17.4. The summed E-state index contributed by atoms with van der Waals surface area (Å²) >= 11 is 0. The van der Waals surface area contributed by atoms with Crippen molar-refractivity contribution in [2.24, 2.45) is 10.4 Å². The highest BCUT2D eigenvalue weighted by atomic mass is 16.4. The summed E-state index contributed by atoms with van der Waals surface area (Å²) in [5.74, 6) is -1.23. The maximum Gasteiger partial charge on any atom is 0.325 e. The van der Waals surface area contributed by atoms with Crippen LogP contribution in [-0.4, -0.2) is 34.2 Å². The smallest absolute Gasteiger partial charge is 0.325 e. The minimum absolute atomic E-state index is 0.0119. The van der Waals surface area contributed by atoms with E-state index in [1.54, 1.807) is 6.92 Å². The first-order valence-electron chi connectivity index (χ1n) is 6.41. The molecule has 5 nitrogen and oxygen atoms in total. The molecule has 0 fully saturated rings. The molecule has 0 aromatic heterocycles. The number of carbonyl (C=O) groups is 2. The Morgan fingerprint density at radius 2 is 1.84 bits per heavy atom. The van der Waals surface area contributed by atoms with Gasteiger partial charge < -0.3 is 10.2 Å². The molecular weight excluding hydrogens is 246 g/mol. The molecule has 0 spiro atoms. The van der Waals surface area contributed by atoms with E-state index in [0.29, 0.717) is 18.6 Å². The Hall–Kier alpha value is -1.65. The van der Waals surface area contributed by atoms with Gasteiger partial charge in [-0.2, -0.15) is 0 Å². The second kappa shape index (κ2) is 7.07. The lowest BCUT2D eigenvalue weighted by atomic mass is 9.76. The van der Waals surface area contributed by atoms with Crippen LogP contribution in [0.1, 0.15) is 47.5 Å². The van der Waals surface area contributed by atoms with Crippen molar-refractivity contribution in [1.29, 1.82) is 0 Å². The molecule has 0 heterocycles. The molecule has 1 aliphatic carbocycles. The van der Waals surface area contributed by atoms with Crippen LogP contribution in [0.5, 0.6) is 0 Å². The second-order valence-corrected chi connectivity index (χ2v) is 5.06. The van der Waals surface area contributed by atoms with Crippen LogP contribution >= 0.6 is 0 Å². The van der Waals surface area contributed by atoms with Crippen LogP contribution in [0.15, 0.2) is 16.3 Å². The highest BCUT2D eigenvalue weighted by Gasteiger charge is 2.33. The molecule has 19 heavy (non-hydrogen) atoms. The predicted molar refractivity (Wildman–Crippen MR) is 74.6 cm³/mol. The summed E-state index contributed by atoms with van der Waals surface area (Å²) in [5.41, 5.74) is 0.230. The first-order chi connectivity index (χ1) is 8.73. The van der Waals surface area contributed by atoms with Crippen LogP contribution in [0.4, 0.5) is 0 Å². The number of hydrogen-bond acceptors (Lipinski definition) is 4. The van der Waals surface area contributed by atoms with Gasteiger partial charge in [0, 0.05) is 18.6 Å². The highest BCUT2D eigenvalue weighted by molar-refractivity contribution is 6.22. The maximum absolute atomic E-state index is 11.9. The molecule has 0 aromatic rings. The Bertz CT molecular complexity index is 419. The lowest BCUT2D eigenvalue weighted by Gasteiger charge is -2.29. The minimum Gasteiger partial charge on any atom is -0.511 e. The van der Waals surface area contributed by atoms with Crippen LogP contribution in [0.3, 0.4) is 0 Å². The molecule has 0 bridgehead atoms. The van der Waals surface area contributed by atoms with Gasteiger partial charge in [-0.05, 0) is 12.3 Å². The average Bonchev–Trinajstić information content (AvgIpc) is 2.26. The number of allylic oxidation sites excluding steroid dienone is 2. The van der Waals surface area contributed by atoms with E-state index in [-0.39, 0.29) is 29.1 Å². The number of nitrogens with zero attached hydrogens (tertiary/aromatic N) is 1. The molecule has 5 heteroatoms. The van der Waals surface area contributed by atoms with E-state index in [1.165, 1.54) is 0 Å². The average molecular weight is 269 g/mol. The van der Waals surface area contributed by atoms with Crippen molar-refractivity contribution >= 4 is 17.5 Å². The Morgan fingerprint density at radius 3 is 2.26 bits per heavy atom. The first-order valence-corrected chi connectivity index (χ1v) is 6.41. The van der Waals surface area contributed by atoms with Crippen LogP contribution in [0.25, 0.3) is 0 Å². The van der Waals surface area contributed by atoms with E-state index in [2.05, 4.69) is 4.99 Å². The minimum atomic E-state index is -1.06. The number of carboxylic acids is 1. The van der Waals surface area contributed by atoms with Gasteiger partial charge in [-0.1, -0.05) is 27.7 Å². The van der Waals surface area contributed by atoms with Crippen molar-refractivity contribution in [3.63, 3.8) is 0 Å². The fraction of sp³-hybridized carbons (Fsp3) is 0.643. The maximum atomic E-state index is 11.9. The summed E-state index contributed by atoms with van der Waals surface area (Å²) in [6.45, 7) is 8.97. The Kier molecular flexibility index (Phi) is 6.45. The Morgan fingerprint density at radius 1 is 1.32 bits per heavy atom. The van der Waals surface area contributed by atoms with Gasteiger partial charge in [-0.3, -0.25) is 14.6 Å². The number of aliphatic imine (C=N–C) groups is 1. The van der Waals surface area contributed by atoms with Gasteiger partial charge in [0.05, 0.1) is 5.57 Å².